The Bertz CT molecular complexity index is 787. The van der Waals surface area contributed by atoms with Crippen LogP contribution in [0, 0.1) is 0 Å². The minimum atomic E-state index is -3.96. The molecule has 112 valence electrons. The predicted octanol–water partition coefficient (Wildman–Crippen LogP) is 3.76. The molecule has 2 rings (SSSR count). The van der Waals surface area contributed by atoms with Gasteiger partial charge in [0, 0.05) is 0 Å². The van der Waals surface area contributed by atoms with E-state index < -0.39 is 15.9 Å². The van der Waals surface area contributed by atoms with Gasteiger partial charge in [-0.3, -0.25) is 4.79 Å². The zero-order valence-corrected chi connectivity index (χ0v) is 14.2. The molecule has 0 aliphatic rings. The lowest BCUT2D eigenvalue weighted by Gasteiger charge is -2.06. The van der Waals surface area contributed by atoms with Gasteiger partial charge in [-0.05, 0) is 29.1 Å². The van der Waals surface area contributed by atoms with E-state index in [0.29, 0.717) is 15.6 Å². The largest absolute Gasteiger partial charge is 0.275 e. The van der Waals surface area contributed by atoms with Crippen molar-refractivity contribution < 1.29 is 13.2 Å². The number of hydrogen-bond acceptors (Lipinski definition) is 4. The fourth-order valence-corrected chi connectivity index (χ4v) is 4.53. The molecule has 0 saturated carbocycles. The molecule has 0 radical (unpaired) electrons. The van der Waals surface area contributed by atoms with Gasteiger partial charge in [-0.15, -0.1) is 11.3 Å². The molecule has 0 unspecified atom stereocenters. The number of rotatable bonds is 4. The van der Waals surface area contributed by atoms with Crippen molar-refractivity contribution in [3.63, 3.8) is 0 Å². The third-order valence-corrected chi connectivity index (χ3v) is 6.56. The van der Waals surface area contributed by atoms with E-state index in [-0.39, 0.29) is 15.7 Å². The molecule has 0 spiro atoms. The Hall–Kier alpha value is -0.790. The number of nitrogens with one attached hydrogen (secondary N) is 1. The Morgan fingerprint density at radius 3 is 2.38 bits per heavy atom. The van der Waals surface area contributed by atoms with Crippen molar-refractivity contribution in [1.82, 2.24) is 4.72 Å². The molecule has 2 aromatic rings. The smallest absolute Gasteiger partial charge is 0.274 e. The molecular weight excluding hydrogens is 377 g/mol. The van der Waals surface area contributed by atoms with Crippen LogP contribution in [0.25, 0.3) is 0 Å². The summed E-state index contributed by atoms with van der Waals surface area (Å²) in [6, 6.07) is 6.09. The molecule has 1 heterocycles. The van der Waals surface area contributed by atoms with E-state index in [4.69, 9.17) is 34.8 Å². The maximum atomic E-state index is 12.0. The molecule has 1 aromatic carbocycles. The summed E-state index contributed by atoms with van der Waals surface area (Å²) in [7, 11) is -3.96. The van der Waals surface area contributed by atoms with Gasteiger partial charge in [0.15, 0.2) is 4.21 Å². The molecule has 1 aromatic heterocycles. The van der Waals surface area contributed by atoms with Crippen LogP contribution in [0.3, 0.4) is 0 Å². The highest BCUT2D eigenvalue weighted by Gasteiger charge is 2.22. The molecule has 0 atom stereocenters. The van der Waals surface area contributed by atoms with Crippen molar-refractivity contribution in [3.8, 4) is 0 Å². The second kappa shape index (κ2) is 6.54. The minimum Gasteiger partial charge on any atom is -0.274 e. The normalized spacial score (nSPS) is 11.4. The molecular formula is C12H8Cl3NO3S2. The van der Waals surface area contributed by atoms with Crippen LogP contribution in [0.5, 0.6) is 0 Å². The van der Waals surface area contributed by atoms with Crippen LogP contribution in [-0.2, 0) is 21.2 Å². The molecule has 21 heavy (non-hydrogen) atoms. The average Bonchev–Trinajstić information content (AvgIpc) is 2.80. The van der Waals surface area contributed by atoms with Crippen molar-refractivity contribution in [2.24, 2.45) is 0 Å². The Morgan fingerprint density at radius 1 is 1.10 bits per heavy atom. The summed E-state index contributed by atoms with van der Waals surface area (Å²) in [5, 5.41) is 2.26. The van der Waals surface area contributed by atoms with Gasteiger partial charge in [0.25, 0.3) is 10.0 Å². The number of sulfonamides is 1. The standard InChI is InChI=1S/C12H8Cl3NO3S2/c13-8-2-1-7(5-10(8)15)6-11(17)16-21(18,19)12-9(14)3-4-20-12/h1-5H,6H2,(H,16,17). The summed E-state index contributed by atoms with van der Waals surface area (Å²) in [6.45, 7) is 0. The molecule has 1 N–H and O–H groups in total. The first-order valence-electron chi connectivity index (χ1n) is 5.52. The first-order chi connectivity index (χ1) is 9.79. The number of amides is 1. The fourth-order valence-electron chi connectivity index (χ4n) is 1.54. The topological polar surface area (TPSA) is 63.2 Å². The average molecular weight is 385 g/mol. The third-order valence-electron chi connectivity index (χ3n) is 2.43. The summed E-state index contributed by atoms with van der Waals surface area (Å²) < 4.78 is 25.8. The van der Waals surface area contributed by atoms with E-state index in [0.717, 1.165) is 11.3 Å². The van der Waals surface area contributed by atoms with Crippen LogP contribution in [0.4, 0.5) is 0 Å². The lowest BCUT2D eigenvalue weighted by molar-refractivity contribution is -0.118. The van der Waals surface area contributed by atoms with Crippen molar-refractivity contribution in [2.45, 2.75) is 10.6 Å². The summed E-state index contributed by atoms with van der Waals surface area (Å²) in [6.07, 6.45) is -0.140. The Labute approximate surface area is 140 Å². The van der Waals surface area contributed by atoms with Gasteiger partial charge >= 0.3 is 0 Å². The van der Waals surface area contributed by atoms with E-state index in [1.54, 1.807) is 6.07 Å². The van der Waals surface area contributed by atoms with Crippen LogP contribution in [0.2, 0.25) is 15.1 Å². The van der Waals surface area contributed by atoms with Crippen molar-refractivity contribution >= 4 is 62.1 Å². The van der Waals surface area contributed by atoms with Crippen LogP contribution in [0.15, 0.2) is 33.9 Å². The predicted molar refractivity (Wildman–Crippen MR) is 84.8 cm³/mol. The van der Waals surface area contributed by atoms with Crippen molar-refractivity contribution in [3.05, 3.63) is 50.3 Å². The van der Waals surface area contributed by atoms with Crippen LogP contribution < -0.4 is 4.72 Å². The summed E-state index contributed by atoms with van der Waals surface area (Å²) in [5.74, 6) is -0.683. The monoisotopic (exact) mass is 383 g/mol. The molecule has 0 aliphatic carbocycles. The lowest BCUT2D eigenvalue weighted by atomic mass is 10.1. The van der Waals surface area contributed by atoms with E-state index in [1.807, 2.05) is 4.72 Å². The van der Waals surface area contributed by atoms with Gasteiger partial charge in [-0.25, -0.2) is 13.1 Å². The van der Waals surface area contributed by atoms with Gasteiger partial charge in [-0.1, -0.05) is 40.9 Å². The first-order valence-corrected chi connectivity index (χ1v) is 9.02. The van der Waals surface area contributed by atoms with Gasteiger partial charge in [0.1, 0.15) is 0 Å². The second-order valence-corrected chi connectivity index (χ2v) is 8.03. The maximum absolute atomic E-state index is 12.0. The van der Waals surface area contributed by atoms with Gasteiger partial charge in [0.05, 0.1) is 21.5 Å². The number of carbonyl (C=O) groups is 1. The highest BCUT2D eigenvalue weighted by Crippen LogP contribution is 2.27. The highest BCUT2D eigenvalue weighted by atomic mass is 35.5. The van der Waals surface area contributed by atoms with E-state index in [2.05, 4.69) is 0 Å². The summed E-state index contributed by atoms with van der Waals surface area (Å²) >= 11 is 18.3. The Balaban J connectivity index is 2.11. The molecule has 9 heteroatoms. The summed E-state index contributed by atoms with van der Waals surface area (Å²) in [4.78, 5) is 11.8. The van der Waals surface area contributed by atoms with Crippen LogP contribution in [-0.4, -0.2) is 14.3 Å². The molecule has 1 amide bonds. The number of benzene rings is 1. The van der Waals surface area contributed by atoms with Crippen LogP contribution >= 0.6 is 46.1 Å². The second-order valence-electron chi connectivity index (χ2n) is 4.01. The maximum Gasteiger partial charge on any atom is 0.275 e. The van der Waals surface area contributed by atoms with Crippen molar-refractivity contribution in [1.29, 1.82) is 0 Å². The number of thiophene rings is 1. The zero-order valence-electron chi connectivity index (χ0n) is 10.3. The minimum absolute atomic E-state index is 0.0786. The molecule has 0 aliphatic heterocycles. The number of hydrogen-bond donors (Lipinski definition) is 1. The Kier molecular flexibility index (Phi) is 5.16. The highest BCUT2D eigenvalue weighted by molar-refractivity contribution is 7.92. The molecule has 0 fully saturated rings. The zero-order chi connectivity index (χ0) is 15.6. The van der Waals surface area contributed by atoms with Gasteiger partial charge in [0.2, 0.25) is 5.91 Å². The Morgan fingerprint density at radius 2 is 1.81 bits per heavy atom. The van der Waals surface area contributed by atoms with Gasteiger partial charge < -0.3 is 0 Å². The first kappa shape index (κ1) is 16.6. The lowest BCUT2D eigenvalue weighted by Crippen LogP contribution is -2.31. The third kappa shape index (κ3) is 4.11. The number of halogens is 3. The van der Waals surface area contributed by atoms with E-state index >= 15 is 0 Å². The van der Waals surface area contributed by atoms with Crippen molar-refractivity contribution in [2.75, 3.05) is 0 Å². The molecule has 0 bridgehead atoms. The SMILES string of the molecule is O=C(Cc1ccc(Cl)c(Cl)c1)NS(=O)(=O)c1sccc1Cl. The number of carbonyl (C=O) groups excluding carboxylic acids is 1. The fraction of sp³-hybridized carbons (Fsp3) is 0.0833. The van der Waals surface area contributed by atoms with Gasteiger partial charge in [-0.2, -0.15) is 0 Å². The van der Waals surface area contributed by atoms with E-state index in [9.17, 15) is 13.2 Å². The van der Waals surface area contributed by atoms with E-state index in [1.165, 1.54) is 23.6 Å². The van der Waals surface area contributed by atoms with Crippen LogP contribution in [0.1, 0.15) is 5.56 Å². The quantitative estimate of drug-likeness (QED) is 0.873. The molecule has 4 nitrogen and oxygen atoms in total. The summed E-state index contributed by atoms with van der Waals surface area (Å²) in [5.41, 5.74) is 0.550. The molecule has 0 saturated heterocycles.